The van der Waals surface area contributed by atoms with Gasteiger partial charge in [-0.15, -0.1) is 0 Å². The SMILES string of the molecule is COc1ccc(-n2nc(-c3ccc(Br)cc3)c(-c3ccccc3)c2C)cc1. The molecule has 0 aliphatic carbocycles. The Bertz CT molecular complexity index is 1050. The molecule has 0 spiro atoms. The predicted molar refractivity (Wildman–Crippen MR) is 113 cm³/mol. The second-order valence-electron chi connectivity index (χ2n) is 6.29. The zero-order valence-electron chi connectivity index (χ0n) is 15.2. The van der Waals surface area contributed by atoms with Crippen molar-refractivity contribution in [2.75, 3.05) is 7.11 Å². The third kappa shape index (κ3) is 3.40. The smallest absolute Gasteiger partial charge is 0.119 e. The second kappa shape index (κ2) is 7.41. The summed E-state index contributed by atoms with van der Waals surface area (Å²) in [5.74, 6) is 0.833. The summed E-state index contributed by atoms with van der Waals surface area (Å²) in [6.07, 6.45) is 0. The zero-order chi connectivity index (χ0) is 18.8. The van der Waals surface area contributed by atoms with Gasteiger partial charge >= 0.3 is 0 Å². The van der Waals surface area contributed by atoms with Gasteiger partial charge in [0.25, 0.3) is 0 Å². The summed E-state index contributed by atoms with van der Waals surface area (Å²) in [5, 5.41) is 4.97. The quantitative estimate of drug-likeness (QED) is 0.389. The molecule has 1 aromatic heterocycles. The summed E-state index contributed by atoms with van der Waals surface area (Å²) in [6, 6.07) is 26.7. The van der Waals surface area contributed by atoms with Gasteiger partial charge in [-0.25, -0.2) is 4.68 Å². The Balaban J connectivity index is 1.92. The molecule has 4 aromatic rings. The number of rotatable bonds is 4. The maximum absolute atomic E-state index is 5.28. The number of hydrogen-bond donors (Lipinski definition) is 0. The van der Waals surface area contributed by atoms with Crippen molar-refractivity contribution in [3.8, 4) is 33.8 Å². The van der Waals surface area contributed by atoms with Crippen LogP contribution in [-0.4, -0.2) is 16.9 Å². The zero-order valence-corrected chi connectivity index (χ0v) is 16.8. The molecule has 0 radical (unpaired) electrons. The average molecular weight is 419 g/mol. The van der Waals surface area contributed by atoms with Gasteiger partial charge in [0.2, 0.25) is 0 Å². The van der Waals surface area contributed by atoms with Crippen molar-refractivity contribution in [3.63, 3.8) is 0 Å². The van der Waals surface area contributed by atoms with Crippen LogP contribution >= 0.6 is 15.9 Å². The van der Waals surface area contributed by atoms with E-state index in [0.717, 1.165) is 44.0 Å². The van der Waals surface area contributed by atoms with Crippen molar-refractivity contribution in [1.82, 2.24) is 9.78 Å². The molecule has 0 atom stereocenters. The molecular weight excluding hydrogens is 400 g/mol. The summed E-state index contributed by atoms with van der Waals surface area (Å²) in [5.41, 5.74) is 6.48. The summed E-state index contributed by atoms with van der Waals surface area (Å²) in [7, 11) is 1.67. The molecule has 4 heteroatoms. The van der Waals surface area contributed by atoms with Crippen molar-refractivity contribution in [1.29, 1.82) is 0 Å². The highest BCUT2D eigenvalue weighted by Gasteiger charge is 2.18. The first-order chi connectivity index (χ1) is 13.2. The monoisotopic (exact) mass is 418 g/mol. The van der Waals surface area contributed by atoms with E-state index in [1.165, 1.54) is 0 Å². The first-order valence-electron chi connectivity index (χ1n) is 8.73. The lowest BCUT2D eigenvalue weighted by Gasteiger charge is -2.07. The molecule has 0 fully saturated rings. The number of methoxy groups -OCH3 is 1. The fraction of sp³-hybridized carbons (Fsp3) is 0.0870. The number of hydrogen-bond acceptors (Lipinski definition) is 2. The first kappa shape index (κ1) is 17.6. The fourth-order valence-electron chi connectivity index (χ4n) is 3.24. The van der Waals surface area contributed by atoms with Crippen LogP contribution in [0.25, 0.3) is 28.1 Å². The Morgan fingerprint density at radius 1 is 0.815 bits per heavy atom. The number of nitrogens with zero attached hydrogens (tertiary/aromatic N) is 2. The summed E-state index contributed by atoms with van der Waals surface area (Å²) in [4.78, 5) is 0. The Labute approximate surface area is 167 Å². The van der Waals surface area contributed by atoms with Crippen molar-refractivity contribution in [2.45, 2.75) is 6.92 Å². The molecule has 0 bridgehead atoms. The van der Waals surface area contributed by atoms with E-state index in [0.29, 0.717) is 0 Å². The van der Waals surface area contributed by atoms with E-state index in [1.54, 1.807) is 7.11 Å². The van der Waals surface area contributed by atoms with Crippen molar-refractivity contribution in [2.24, 2.45) is 0 Å². The maximum atomic E-state index is 5.28. The third-order valence-electron chi connectivity index (χ3n) is 4.61. The van der Waals surface area contributed by atoms with Gasteiger partial charge < -0.3 is 4.74 Å². The molecular formula is C23H19BrN2O. The maximum Gasteiger partial charge on any atom is 0.119 e. The number of ether oxygens (including phenoxy) is 1. The van der Waals surface area contributed by atoms with Crippen LogP contribution in [0.2, 0.25) is 0 Å². The highest BCUT2D eigenvalue weighted by Crippen LogP contribution is 2.36. The molecule has 27 heavy (non-hydrogen) atoms. The molecule has 3 nitrogen and oxygen atoms in total. The Kier molecular flexibility index (Phi) is 4.82. The lowest BCUT2D eigenvalue weighted by Crippen LogP contribution is -1.99. The van der Waals surface area contributed by atoms with E-state index in [-0.39, 0.29) is 0 Å². The minimum absolute atomic E-state index is 0.833. The van der Waals surface area contributed by atoms with Gasteiger partial charge in [0.1, 0.15) is 11.4 Å². The molecule has 1 heterocycles. The molecule has 0 aliphatic rings. The van der Waals surface area contributed by atoms with Crippen LogP contribution in [0.4, 0.5) is 0 Å². The topological polar surface area (TPSA) is 27.1 Å². The standard InChI is InChI=1S/C23H19BrN2O/c1-16-22(17-6-4-3-5-7-17)23(18-8-10-19(24)11-9-18)25-26(16)20-12-14-21(27-2)15-13-20/h3-15H,1-2H3. The van der Waals surface area contributed by atoms with E-state index in [1.807, 2.05) is 47.1 Å². The minimum Gasteiger partial charge on any atom is -0.497 e. The van der Waals surface area contributed by atoms with Crippen LogP contribution in [0.5, 0.6) is 5.75 Å². The van der Waals surface area contributed by atoms with Gasteiger partial charge in [0, 0.05) is 21.3 Å². The fourth-order valence-corrected chi connectivity index (χ4v) is 3.50. The van der Waals surface area contributed by atoms with Crippen molar-refractivity contribution in [3.05, 3.63) is 89.0 Å². The number of halogens is 1. The van der Waals surface area contributed by atoms with E-state index < -0.39 is 0 Å². The van der Waals surface area contributed by atoms with Gasteiger partial charge in [-0.3, -0.25) is 0 Å². The lowest BCUT2D eigenvalue weighted by atomic mass is 9.99. The first-order valence-corrected chi connectivity index (χ1v) is 9.52. The third-order valence-corrected chi connectivity index (χ3v) is 5.14. The Morgan fingerprint density at radius 2 is 1.48 bits per heavy atom. The predicted octanol–water partition coefficient (Wildman–Crippen LogP) is 6.29. The Morgan fingerprint density at radius 3 is 2.11 bits per heavy atom. The molecule has 3 aromatic carbocycles. The molecule has 0 amide bonds. The summed E-state index contributed by atoms with van der Waals surface area (Å²) >= 11 is 3.51. The van der Waals surface area contributed by atoms with Crippen molar-refractivity contribution < 1.29 is 4.74 Å². The van der Waals surface area contributed by atoms with Crippen LogP contribution in [0.15, 0.2) is 83.3 Å². The Hall–Kier alpha value is -2.85. The van der Waals surface area contributed by atoms with Crippen LogP contribution in [0, 0.1) is 6.92 Å². The number of benzene rings is 3. The van der Waals surface area contributed by atoms with Gasteiger partial charge in [-0.1, -0.05) is 58.4 Å². The molecule has 134 valence electrons. The van der Waals surface area contributed by atoms with E-state index in [4.69, 9.17) is 9.84 Å². The summed E-state index contributed by atoms with van der Waals surface area (Å²) < 4.78 is 8.33. The lowest BCUT2D eigenvalue weighted by molar-refractivity contribution is 0.414. The van der Waals surface area contributed by atoms with Gasteiger partial charge in [-0.2, -0.15) is 5.10 Å². The van der Waals surface area contributed by atoms with E-state index in [9.17, 15) is 0 Å². The summed E-state index contributed by atoms with van der Waals surface area (Å²) in [6.45, 7) is 2.11. The van der Waals surface area contributed by atoms with Crippen LogP contribution < -0.4 is 4.74 Å². The van der Waals surface area contributed by atoms with Crippen LogP contribution in [-0.2, 0) is 0 Å². The minimum atomic E-state index is 0.833. The average Bonchev–Trinajstić information content (AvgIpc) is 3.06. The van der Waals surface area contributed by atoms with Crippen LogP contribution in [0.3, 0.4) is 0 Å². The van der Waals surface area contributed by atoms with Gasteiger partial charge in [-0.05, 0) is 48.9 Å². The van der Waals surface area contributed by atoms with Crippen LogP contribution in [0.1, 0.15) is 5.69 Å². The number of aromatic nitrogens is 2. The van der Waals surface area contributed by atoms with Gasteiger partial charge in [0.05, 0.1) is 12.8 Å². The second-order valence-corrected chi connectivity index (χ2v) is 7.21. The van der Waals surface area contributed by atoms with E-state index in [2.05, 4.69) is 59.3 Å². The highest BCUT2D eigenvalue weighted by molar-refractivity contribution is 9.10. The largest absolute Gasteiger partial charge is 0.497 e. The normalized spacial score (nSPS) is 10.8. The van der Waals surface area contributed by atoms with E-state index >= 15 is 0 Å². The molecule has 4 rings (SSSR count). The highest BCUT2D eigenvalue weighted by atomic mass is 79.9. The van der Waals surface area contributed by atoms with Crippen molar-refractivity contribution >= 4 is 15.9 Å². The molecule has 0 N–H and O–H groups in total. The molecule has 0 unspecified atom stereocenters. The van der Waals surface area contributed by atoms with Gasteiger partial charge in [0.15, 0.2) is 0 Å². The molecule has 0 saturated carbocycles. The molecule has 0 aliphatic heterocycles. The molecule has 0 saturated heterocycles.